The van der Waals surface area contributed by atoms with Gasteiger partial charge in [-0.25, -0.2) is 0 Å². The number of aliphatic hydroxyl groups is 1. The highest BCUT2D eigenvalue weighted by atomic mass is 32.2. The van der Waals surface area contributed by atoms with Gasteiger partial charge in [-0.05, 0) is 31.1 Å². The molecular weight excluding hydrogens is 252 g/mol. The van der Waals surface area contributed by atoms with Crippen LogP contribution in [0, 0.1) is 11.8 Å². The molecule has 0 aliphatic carbocycles. The van der Waals surface area contributed by atoms with E-state index < -0.39 is 10.2 Å². The molecule has 0 spiro atoms. The summed E-state index contributed by atoms with van der Waals surface area (Å²) < 4.78 is 27.6. The minimum absolute atomic E-state index is 0.0712. The third kappa shape index (κ3) is 4.19. The van der Waals surface area contributed by atoms with Gasteiger partial charge in [-0.2, -0.15) is 17.0 Å². The summed E-state index contributed by atoms with van der Waals surface area (Å²) in [6, 6.07) is 0. The maximum atomic E-state index is 12.3. The van der Waals surface area contributed by atoms with Crippen molar-refractivity contribution in [3.63, 3.8) is 0 Å². The van der Waals surface area contributed by atoms with Gasteiger partial charge in [-0.15, -0.1) is 0 Å². The van der Waals surface area contributed by atoms with Gasteiger partial charge in [0.2, 0.25) is 0 Å². The molecule has 18 heavy (non-hydrogen) atoms. The molecule has 0 aromatic rings. The minimum atomic E-state index is -3.35. The van der Waals surface area contributed by atoms with E-state index in [1.165, 1.54) is 8.61 Å². The summed E-state index contributed by atoms with van der Waals surface area (Å²) in [6.45, 7) is 5.82. The van der Waals surface area contributed by atoms with Gasteiger partial charge < -0.3 is 5.11 Å². The van der Waals surface area contributed by atoms with Crippen LogP contribution in [0.5, 0.6) is 0 Å². The van der Waals surface area contributed by atoms with E-state index in [9.17, 15) is 8.42 Å². The normalized spacial score (nSPS) is 22.9. The predicted octanol–water partition coefficient (Wildman–Crippen LogP) is 0.913. The van der Waals surface area contributed by atoms with Crippen molar-refractivity contribution < 1.29 is 13.5 Å². The van der Waals surface area contributed by atoms with Gasteiger partial charge in [0.1, 0.15) is 0 Å². The number of piperidine rings is 1. The first-order valence-corrected chi connectivity index (χ1v) is 8.10. The molecule has 1 unspecified atom stereocenters. The van der Waals surface area contributed by atoms with Crippen molar-refractivity contribution in [2.45, 2.75) is 33.1 Å². The van der Waals surface area contributed by atoms with Crippen LogP contribution in [0.2, 0.25) is 0 Å². The van der Waals surface area contributed by atoms with Crippen molar-refractivity contribution in [3.05, 3.63) is 0 Å². The van der Waals surface area contributed by atoms with E-state index in [-0.39, 0.29) is 12.5 Å². The summed E-state index contributed by atoms with van der Waals surface area (Å²) in [5, 5.41) is 9.15. The fourth-order valence-corrected chi connectivity index (χ4v) is 3.63. The highest BCUT2D eigenvalue weighted by Crippen LogP contribution is 2.20. The highest BCUT2D eigenvalue weighted by Gasteiger charge is 2.31. The smallest absolute Gasteiger partial charge is 0.281 e. The summed E-state index contributed by atoms with van der Waals surface area (Å²) in [7, 11) is -1.71. The molecule has 0 saturated carbocycles. The first kappa shape index (κ1) is 15.9. The van der Waals surface area contributed by atoms with Crippen molar-refractivity contribution in [3.8, 4) is 0 Å². The zero-order chi connectivity index (χ0) is 13.8. The molecular formula is C12H26N2O3S. The SMILES string of the molecule is CC(C)CCN(C)S(=O)(=O)N1CCCC(CO)C1. The third-order valence-electron chi connectivity index (χ3n) is 3.48. The standard InChI is InChI=1S/C12H26N2O3S/c1-11(2)6-8-13(3)18(16,17)14-7-4-5-12(9-14)10-15/h11-12,15H,4-10H2,1-3H3. The van der Waals surface area contributed by atoms with Gasteiger partial charge >= 0.3 is 0 Å². The number of nitrogens with zero attached hydrogens (tertiary/aromatic N) is 2. The fourth-order valence-electron chi connectivity index (χ4n) is 2.14. The molecule has 1 fully saturated rings. The van der Waals surface area contributed by atoms with Gasteiger partial charge in [0.05, 0.1) is 0 Å². The zero-order valence-electron chi connectivity index (χ0n) is 11.7. The van der Waals surface area contributed by atoms with E-state index in [1.54, 1.807) is 7.05 Å². The average Bonchev–Trinajstić information content (AvgIpc) is 2.35. The maximum absolute atomic E-state index is 12.3. The molecule has 5 nitrogen and oxygen atoms in total. The van der Waals surface area contributed by atoms with Gasteiger partial charge in [0, 0.05) is 33.3 Å². The Morgan fingerprint density at radius 1 is 1.44 bits per heavy atom. The molecule has 1 N–H and O–H groups in total. The van der Waals surface area contributed by atoms with Gasteiger partial charge in [-0.1, -0.05) is 13.8 Å². The molecule has 6 heteroatoms. The number of rotatable bonds is 6. The molecule has 0 amide bonds. The lowest BCUT2D eigenvalue weighted by molar-refractivity contribution is 0.161. The lowest BCUT2D eigenvalue weighted by atomic mass is 10.0. The van der Waals surface area contributed by atoms with Crippen LogP contribution >= 0.6 is 0 Å². The monoisotopic (exact) mass is 278 g/mol. The Labute approximate surface area is 111 Å². The molecule has 0 radical (unpaired) electrons. The van der Waals surface area contributed by atoms with Crippen LogP contribution < -0.4 is 0 Å². The summed E-state index contributed by atoms with van der Waals surface area (Å²) in [4.78, 5) is 0. The molecule has 1 atom stereocenters. The molecule has 108 valence electrons. The maximum Gasteiger partial charge on any atom is 0.281 e. The van der Waals surface area contributed by atoms with E-state index in [2.05, 4.69) is 13.8 Å². The highest BCUT2D eigenvalue weighted by molar-refractivity contribution is 7.86. The molecule has 1 aliphatic rings. The largest absolute Gasteiger partial charge is 0.396 e. The summed E-state index contributed by atoms with van der Waals surface area (Å²) >= 11 is 0. The minimum Gasteiger partial charge on any atom is -0.396 e. The Balaban J connectivity index is 2.61. The second kappa shape index (κ2) is 6.84. The van der Waals surface area contributed by atoms with E-state index in [0.29, 0.717) is 25.6 Å². The Kier molecular flexibility index (Phi) is 6.04. The molecule has 1 aliphatic heterocycles. The van der Waals surface area contributed by atoms with Gasteiger partial charge in [0.25, 0.3) is 10.2 Å². The Hall–Kier alpha value is -0.170. The summed E-state index contributed by atoms with van der Waals surface area (Å²) in [6.07, 6.45) is 2.62. The molecule has 1 saturated heterocycles. The number of hydrogen-bond donors (Lipinski definition) is 1. The predicted molar refractivity (Wildman–Crippen MR) is 72.4 cm³/mol. The molecule has 0 aromatic heterocycles. The van der Waals surface area contributed by atoms with Crippen molar-refractivity contribution in [1.29, 1.82) is 0 Å². The first-order valence-electron chi connectivity index (χ1n) is 6.70. The summed E-state index contributed by atoms with van der Waals surface area (Å²) in [5.41, 5.74) is 0. The molecule has 0 bridgehead atoms. The van der Waals surface area contributed by atoms with Crippen LogP contribution in [-0.2, 0) is 10.2 Å². The second-order valence-corrected chi connectivity index (χ2v) is 7.60. The van der Waals surface area contributed by atoms with Crippen LogP contribution in [0.25, 0.3) is 0 Å². The van der Waals surface area contributed by atoms with Crippen LogP contribution in [0.1, 0.15) is 33.1 Å². The Morgan fingerprint density at radius 2 is 2.11 bits per heavy atom. The lowest BCUT2D eigenvalue weighted by Gasteiger charge is -2.33. The van der Waals surface area contributed by atoms with E-state index in [1.807, 2.05) is 0 Å². The molecule has 0 aromatic carbocycles. The summed E-state index contributed by atoms with van der Waals surface area (Å²) in [5.74, 6) is 0.584. The first-order chi connectivity index (χ1) is 8.37. The third-order valence-corrected chi connectivity index (χ3v) is 5.44. The van der Waals surface area contributed by atoms with Gasteiger partial charge in [0.15, 0.2) is 0 Å². The zero-order valence-corrected chi connectivity index (χ0v) is 12.5. The molecule has 1 heterocycles. The number of aliphatic hydroxyl groups excluding tert-OH is 1. The van der Waals surface area contributed by atoms with Crippen LogP contribution in [0.4, 0.5) is 0 Å². The van der Waals surface area contributed by atoms with Crippen LogP contribution in [0.3, 0.4) is 0 Å². The van der Waals surface area contributed by atoms with Crippen LogP contribution in [0.15, 0.2) is 0 Å². The van der Waals surface area contributed by atoms with Crippen molar-refractivity contribution in [2.75, 3.05) is 33.3 Å². The Bertz CT molecular complexity index is 343. The van der Waals surface area contributed by atoms with Crippen molar-refractivity contribution >= 4 is 10.2 Å². The second-order valence-electron chi connectivity index (χ2n) is 5.56. The number of hydrogen-bond acceptors (Lipinski definition) is 3. The van der Waals surface area contributed by atoms with Gasteiger partial charge in [-0.3, -0.25) is 0 Å². The van der Waals surface area contributed by atoms with Crippen LogP contribution in [-0.4, -0.2) is 55.4 Å². The quantitative estimate of drug-likeness (QED) is 0.786. The lowest BCUT2D eigenvalue weighted by Crippen LogP contribution is -2.47. The van der Waals surface area contributed by atoms with Crippen molar-refractivity contribution in [2.24, 2.45) is 11.8 Å². The van der Waals surface area contributed by atoms with E-state index >= 15 is 0 Å². The molecule has 1 rings (SSSR count). The van der Waals surface area contributed by atoms with E-state index in [0.717, 1.165) is 19.3 Å². The fraction of sp³-hybridized carbons (Fsp3) is 1.00. The topological polar surface area (TPSA) is 60.9 Å². The van der Waals surface area contributed by atoms with Crippen molar-refractivity contribution in [1.82, 2.24) is 8.61 Å². The average molecular weight is 278 g/mol. The van der Waals surface area contributed by atoms with E-state index in [4.69, 9.17) is 5.11 Å². The Morgan fingerprint density at radius 3 is 2.67 bits per heavy atom.